The number of rotatable bonds is 17. The van der Waals surface area contributed by atoms with Gasteiger partial charge in [0.1, 0.15) is 35.1 Å². The lowest BCUT2D eigenvalue weighted by Gasteiger charge is -2.40. The summed E-state index contributed by atoms with van der Waals surface area (Å²) in [5.74, 6) is -1.12. The van der Waals surface area contributed by atoms with Crippen LogP contribution in [0.5, 0.6) is 11.5 Å². The van der Waals surface area contributed by atoms with E-state index in [9.17, 15) is 24.3 Å². The molecule has 6 rings (SSSR count). The molecule has 0 radical (unpaired) electrons. The Hall–Kier alpha value is -6.13. The number of anilines is 1. The van der Waals surface area contributed by atoms with Crippen LogP contribution in [0.2, 0.25) is 18.1 Å². The molecular weight excluding hydrogens is 811 g/mol. The maximum absolute atomic E-state index is 14.0. The minimum Gasteiger partial charge on any atom is -0.497 e. The number of ether oxygens (including phenoxy) is 5. The molecule has 0 unspecified atom stereocenters. The maximum atomic E-state index is 14.0. The van der Waals surface area contributed by atoms with E-state index in [1.54, 1.807) is 44.6 Å². The third kappa shape index (κ3) is 10.1. The normalized spacial score (nSPS) is 17.9. The van der Waals surface area contributed by atoms with Gasteiger partial charge in [0.2, 0.25) is 0 Å². The van der Waals surface area contributed by atoms with Crippen molar-refractivity contribution in [3.8, 4) is 11.5 Å². The molecule has 4 atom stereocenters. The van der Waals surface area contributed by atoms with E-state index in [0.717, 1.165) is 16.7 Å². The van der Waals surface area contributed by atoms with Gasteiger partial charge < -0.3 is 38.5 Å². The predicted octanol–water partition coefficient (Wildman–Crippen LogP) is 7.59. The Bertz CT molecular complexity index is 2320. The van der Waals surface area contributed by atoms with Gasteiger partial charge in [-0.05, 0) is 77.3 Å². The fourth-order valence-electron chi connectivity index (χ4n) is 7.01. The number of hydrogen-bond donors (Lipinski definition) is 2. The van der Waals surface area contributed by atoms with Gasteiger partial charge in [-0.3, -0.25) is 19.0 Å². The number of hydrogen-bond acceptors (Lipinski definition) is 11. The van der Waals surface area contributed by atoms with Crippen molar-refractivity contribution in [2.75, 3.05) is 26.1 Å². The number of carbonyl (C=O) groups is 3. The van der Waals surface area contributed by atoms with Gasteiger partial charge in [0, 0.05) is 11.8 Å². The molecule has 14 nitrogen and oxygen atoms in total. The van der Waals surface area contributed by atoms with Crippen molar-refractivity contribution < 1.29 is 47.6 Å². The number of carbonyl (C=O) groups excluding carboxylic acids is 2. The van der Waals surface area contributed by atoms with E-state index in [-0.39, 0.29) is 17.5 Å². The molecule has 0 bridgehead atoms. The zero-order valence-electron chi connectivity index (χ0n) is 35.9. The number of aliphatic carboxylic acids is 1. The highest BCUT2D eigenvalue weighted by Gasteiger charge is 2.54. The second-order valence-electron chi connectivity index (χ2n) is 16.4. The number of amides is 1. The van der Waals surface area contributed by atoms with Gasteiger partial charge in [-0.25, -0.2) is 4.79 Å². The van der Waals surface area contributed by atoms with Crippen LogP contribution in [0.3, 0.4) is 0 Å². The fourth-order valence-corrected chi connectivity index (χ4v) is 8.29. The fraction of sp³-hybridized carbons (Fsp3) is 0.340. The van der Waals surface area contributed by atoms with E-state index in [4.69, 9.17) is 28.1 Å². The van der Waals surface area contributed by atoms with Crippen molar-refractivity contribution in [3.05, 3.63) is 154 Å². The molecule has 1 aromatic heterocycles. The highest BCUT2D eigenvalue weighted by Crippen LogP contribution is 2.45. The van der Waals surface area contributed by atoms with Gasteiger partial charge in [-0.2, -0.15) is 4.98 Å². The van der Waals surface area contributed by atoms with E-state index in [1.807, 2.05) is 113 Å². The van der Waals surface area contributed by atoms with Crippen LogP contribution in [0, 0.1) is 0 Å². The van der Waals surface area contributed by atoms with Gasteiger partial charge in [-0.1, -0.05) is 93.6 Å². The van der Waals surface area contributed by atoms with Crippen molar-refractivity contribution in [2.45, 2.75) is 81.9 Å². The molecule has 1 amide bonds. The third-order valence-corrected chi connectivity index (χ3v) is 15.8. The van der Waals surface area contributed by atoms with Crippen LogP contribution in [-0.4, -0.2) is 80.0 Å². The zero-order chi connectivity index (χ0) is 44.7. The van der Waals surface area contributed by atoms with Crippen LogP contribution in [0.15, 0.2) is 126 Å². The molecule has 5 aromatic rings. The molecule has 4 aromatic carbocycles. The summed E-state index contributed by atoms with van der Waals surface area (Å²) in [7, 11) is 0.422. The number of benzene rings is 4. The second kappa shape index (κ2) is 19.3. The summed E-state index contributed by atoms with van der Waals surface area (Å²) >= 11 is 0. The molecule has 0 aliphatic carbocycles. The molecule has 2 N–H and O–H groups in total. The summed E-state index contributed by atoms with van der Waals surface area (Å²) < 4.78 is 39.4. The highest BCUT2D eigenvalue weighted by atomic mass is 28.4. The van der Waals surface area contributed by atoms with E-state index in [1.165, 1.54) is 16.8 Å². The Balaban J connectivity index is 1.46. The predicted molar refractivity (Wildman–Crippen MR) is 234 cm³/mol. The smallest absolute Gasteiger partial charge is 0.351 e. The summed E-state index contributed by atoms with van der Waals surface area (Å²) in [5, 5.41) is 11.8. The molecule has 1 aliphatic rings. The lowest BCUT2D eigenvalue weighted by molar-refractivity contribution is -0.160. The molecule has 1 fully saturated rings. The number of nitrogens with one attached hydrogen (secondary N) is 1. The van der Waals surface area contributed by atoms with Crippen LogP contribution in [0.4, 0.5) is 5.82 Å². The molecule has 62 heavy (non-hydrogen) atoms. The monoisotopic (exact) mass is 863 g/mol. The van der Waals surface area contributed by atoms with Crippen molar-refractivity contribution in [1.82, 2.24) is 9.55 Å². The summed E-state index contributed by atoms with van der Waals surface area (Å²) in [6.45, 7) is 9.98. The largest absolute Gasteiger partial charge is 0.497 e. The van der Waals surface area contributed by atoms with Gasteiger partial charge in [-0.15, -0.1) is 0 Å². The molecule has 1 saturated heterocycles. The highest BCUT2D eigenvalue weighted by molar-refractivity contribution is 6.74. The Morgan fingerprint density at radius 1 is 0.774 bits per heavy atom. The minimum absolute atomic E-state index is 0.0168. The average molecular weight is 864 g/mol. The first-order valence-corrected chi connectivity index (χ1v) is 23.2. The van der Waals surface area contributed by atoms with Crippen molar-refractivity contribution in [3.63, 3.8) is 0 Å². The van der Waals surface area contributed by atoms with Crippen LogP contribution in [0.25, 0.3) is 0 Å². The molecule has 15 heteroatoms. The first-order valence-electron chi connectivity index (χ1n) is 20.2. The number of aromatic nitrogens is 2. The van der Waals surface area contributed by atoms with Crippen LogP contribution in [-0.2, 0) is 33.8 Å². The number of nitrogens with zero attached hydrogens (tertiary/aromatic N) is 2. The van der Waals surface area contributed by atoms with E-state index < -0.39 is 74.8 Å². The van der Waals surface area contributed by atoms with E-state index in [2.05, 4.69) is 10.3 Å². The molecule has 2 heterocycles. The molecule has 0 spiro atoms. The molecular formula is C47H53N3O11Si. The Labute approximate surface area is 361 Å². The first-order chi connectivity index (χ1) is 29.6. The topological polar surface area (TPSA) is 174 Å². The molecule has 0 saturated carbocycles. The summed E-state index contributed by atoms with van der Waals surface area (Å²) in [5.41, 5.74) is 0.557. The summed E-state index contributed by atoms with van der Waals surface area (Å²) in [6, 6.07) is 34.6. The van der Waals surface area contributed by atoms with Gasteiger partial charge in [0.25, 0.3) is 5.91 Å². The lowest BCUT2D eigenvalue weighted by atomic mass is 9.80. The van der Waals surface area contributed by atoms with E-state index >= 15 is 0 Å². The number of carboxylic acid groups (broad SMARTS) is 1. The van der Waals surface area contributed by atoms with Gasteiger partial charge >= 0.3 is 17.6 Å². The number of esters is 1. The Kier molecular flexibility index (Phi) is 14.1. The van der Waals surface area contributed by atoms with Crippen molar-refractivity contribution >= 4 is 32.0 Å². The average Bonchev–Trinajstić information content (AvgIpc) is 3.58. The quantitative estimate of drug-likeness (QED) is 0.0534. The number of methoxy groups -OCH3 is 2. The third-order valence-electron chi connectivity index (χ3n) is 11.4. The van der Waals surface area contributed by atoms with Crippen molar-refractivity contribution in [2.24, 2.45) is 0 Å². The van der Waals surface area contributed by atoms with E-state index in [0.29, 0.717) is 17.1 Å². The molecule has 1 aliphatic heterocycles. The summed E-state index contributed by atoms with van der Waals surface area (Å²) in [4.78, 5) is 56.2. The standard InChI is InChI=1S/C47H53N3O11Si/c1-46(2,3)62(6,7)61-42-41(60-40(53)27-26-39(51)52)37(59-44(42)50-29-28-38(49-45(50)55)48-43(54)31-14-10-8-11-15-31)30-58-47(32-16-12-9-13-17-32,33-18-22-35(56-4)23-19-33)34-20-24-36(57-5)25-21-34/h8-25,28-29,37,41-42,44H,26-27,30H2,1-7H3,(H,51,52)(H,48,49,54,55)/t37-,41-,42-,44-/m1/s1. The zero-order valence-corrected chi connectivity index (χ0v) is 36.9. The summed E-state index contributed by atoms with van der Waals surface area (Å²) in [6.07, 6.45) is -4.00. The molecule has 326 valence electrons. The Morgan fingerprint density at radius 3 is 1.84 bits per heavy atom. The number of carboxylic acids is 1. The lowest BCUT2D eigenvalue weighted by Crippen LogP contribution is -2.51. The second-order valence-corrected chi connectivity index (χ2v) is 21.2. The van der Waals surface area contributed by atoms with Crippen LogP contribution >= 0.6 is 0 Å². The SMILES string of the molecule is COc1ccc(C(OC[C@H]2O[C@@H](n3ccc(NC(=O)c4ccccc4)nc3=O)[C@H](O[Si](C)(C)C(C)(C)C)[C@@H]2OC(=O)CCC(=O)O)(c2ccccc2)c2ccc(OC)cc2)cc1. The minimum atomic E-state index is -2.75. The maximum Gasteiger partial charge on any atom is 0.351 e. The van der Waals surface area contributed by atoms with Crippen LogP contribution < -0.4 is 20.5 Å². The first kappa shape index (κ1) is 45.4. The van der Waals surface area contributed by atoms with Gasteiger partial charge in [0.05, 0.1) is 33.7 Å². The van der Waals surface area contributed by atoms with Gasteiger partial charge in [0.15, 0.2) is 20.6 Å². The Morgan fingerprint density at radius 2 is 1.32 bits per heavy atom. The van der Waals surface area contributed by atoms with Crippen molar-refractivity contribution in [1.29, 1.82) is 0 Å². The van der Waals surface area contributed by atoms with Crippen LogP contribution in [0.1, 0.15) is 66.9 Å².